The van der Waals surface area contributed by atoms with Crippen LogP contribution in [0.25, 0.3) is 11.2 Å². The molecule has 1 aromatic carbocycles. The molecule has 39 heavy (non-hydrogen) atoms. The summed E-state index contributed by atoms with van der Waals surface area (Å²) in [5.74, 6) is 1.25. The number of aryl methyl sites for hydroxylation is 1. The van der Waals surface area contributed by atoms with E-state index in [1.807, 2.05) is 29.8 Å². The molecule has 1 saturated carbocycles. The predicted molar refractivity (Wildman–Crippen MR) is 142 cm³/mol. The molecule has 0 spiro atoms. The first-order chi connectivity index (χ1) is 18.5. The number of benzene rings is 1. The van der Waals surface area contributed by atoms with Crippen LogP contribution in [0.1, 0.15) is 68.0 Å². The van der Waals surface area contributed by atoms with E-state index in [-0.39, 0.29) is 16.8 Å². The van der Waals surface area contributed by atoms with Crippen LogP contribution in [0.2, 0.25) is 0 Å². The number of alkyl halides is 3. The van der Waals surface area contributed by atoms with Crippen molar-refractivity contribution in [3.05, 3.63) is 82.1 Å². The van der Waals surface area contributed by atoms with E-state index in [4.69, 9.17) is 0 Å². The Morgan fingerprint density at radius 2 is 1.95 bits per heavy atom. The summed E-state index contributed by atoms with van der Waals surface area (Å²) < 4.78 is 47.1. The first kappa shape index (κ1) is 25.9. The number of halogens is 3. The van der Waals surface area contributed by atoms with Crippen LogP contribution in [0.4, 0.5) is 13.2 Å². The fraction of sp³-hybridized carbons (Fsp3) is 0.483. The van der Waals surface area contributed by atoms with Gasteiger partial charge in [-0.05, 0) is 66.5 Å². The van der Waals surface area contributed by atoms with Crippen LogP contribution in [0, 0.1) is 11.3 Å². The Hall–Kier alpha value is -3.40. The maximum absolute atomic E-state index is 14.2. The van der Waals surface area contributed by atoms with E-state index in [0.717, 1.165) is 54.6 Å². The monoisotopic (exact) mass is 538 g/mol. The van der Waals surface area contributed by atoms with E-state index < -0.39 is 17.4 Å². The van der Waals surface area contributed by atoms with Crippen molar-refractivity contribution < 1.29 is 13.2 Å². The second-order valence-corrected chi connectivity index (χ2v) is 12.0. The summed E-state index contributed by atoms with van der Waals surface area (Å²) in [6.45, 7) is 6.33. The molecule has 1 aliphatic carbocycles. The molecule has 1 atom stereocenters. The normalized spacial score (nSPS) is 19.0. The lowest BCUT2D eigenvalue weighted by molar-refractivity contribution is -0.136. The second kappa shape index (κ2) is 9.36. The average Bonchev–Trinajstić information content (AvgIpc) is 3.52. The number of aromatic nitrogens is 5. The molecule has 4 heterocycles. The summed E-state index contributed by atoms with van der Waals surface area (Å²) in [5, 5.41) is 8.42. The lowest BCUT2D eigenvalue weighted by Crippen LogP contribution is -2.25. The van der Waals surface area contributed by atoms with Crippen molar-refractivity contribution in [1.82, 2.24) is 28.6 Å². The van der Waals surface area contributed by atoms with Crippen molar-refractivity contribution in [1.29, 1.82) is 0 Å². The number of hydrogen-bond acceptors (Lipinski definition) is 4. The van der Waals surface area contributed by atoms with E-state index in [2.05, 4.69) is 28.9 Å². The van der Waals surface area contributed by atoms with Crippen LogP contribution in [-0.4, -0.2) is 41.7 Å². The van der Waals surface area contributed by atoms with Gasteiger partial charge in [0.1, 0.15) is 12.2 Å². The van der Waals surface area contributed by atoms with Gasteiger partial charge in [0, 0.05) is 38.4 Å². The number of rotatable bonds is 6. The highest BCUT2D eigenvalue weighted by molar-refractivity contribution is 5.58. The van der Waals surface area contributed by atoms with Gasteiger partial charge in [0.15, 0.2) is 0 Å². The minimum Gasteiger partial charge on any atom is -0.320 e. The third-order valence-corrected chi connectivity index (χ3v) is 8.45. The maximum Gasteiger partial charge on any atom is 0.418 e. The van der Waals surface area contributed by atoms with Crippen LogP contribution in [-0.2, 0) is 19.8 Å². The first-order valence-corrected chi connectivity index (χ1v) is 13.5. The predicted octanol–water partition coefficient (Wildman–Crippen LogP) is 5.40. The highest BCUT2D eigenvalue weighted by Crippen LogP contribution is 2.43. The molecule has 0 radical (unpaired) electrons. The molecule has 3 aromatic heterocycles. The molecule has 2 fully saturated rings. The average molecular weight is 539 g/mol. The van der Waals surface area contributed by atoms with Crippen molar-refractivity contribution in [2.75, 3.05) is 13.1 Å². The van der Waals surface area contributed by atoms with Gasteiger partial charge in [-0.15, -0.1) is 10.2 Å². The van der Waals surface area contributed by atoms with Crippen molar-refractivity contribution in [3.63, 3.8) is 0 Å². The van der Waals surface area contributed by atoms with E-state index in [9.17, 15) is 18.0 Å². The van der Waals surface area contributed by atoms with Gasteiger partial charge < -0.3 is 4.57 Å². The van der Waals surface area contributed by atoms with Crippen LogP contribution >= 0.6 is 0 Å². The van der Waals surface area contributed by atoms with Gasteiger partial charge in [-0.2, -0.15) is 13.2 Å². The summed E-state index contributed by atoms with van der Waals surface area (Å²) in [6.07, 6.45) is 4.25. The summed E-state index contributed by atoms with van der Waals surface area (Å²) in [4.78, 5) is 15.7. The minimum absolute atomic E-state index is 0.000911. The Balaban J connectivity index is 1.42. The SMILES string of the molecule is Cn1cnnc1[C@@H](c1cccc(-n2cc3c(C(F)(F)F)cc(CN4CCC(C)(C)C4)cn3c2=O)c1)C1CCC1. The van der Waals surface area contributed by atoms with E-state index in [1.54, 1.807) is 18.6 Å². The van der Waals surface area contributed by atoms with Crippen LogP contribution in [0.3, 0.4) is 0 Å². The van der Waals surface area contributed by atoms with Crippen LogP contribution < -0.4 is 5.69 Å². The molecule has 0 bridgehead atoms. The molecule has 1 aliphatic heterocycles. The van der Waals surface area contributed by atoms with Gasteiger partial charge >= 0.3 is 11.9 Å². The van der Waals surface area contributed by atoms with Crippen molar-refractivity contribution in [3.8, 4) is 5.69 Å². The number of hydrogen-bond donors (Lipinski definition) is 0. The van der Waals surface area contributed by atoms with E-state index in [1.165, 1.54) is 16.8 Å². The minimum atomic E-state index is -4.59. The maximum atomic E-state index is 14.2. The molecule has 206 valence electrons. The topological polar surface area (TPSA) is 60.4 Å². The van der Waals surface area contributed by atoms with Gasteiger partial charge in [0.25, 0.3) is 0 Å². The Bertz CT molecular complexity index is 1580. The van der Waals surface area contributed by atoms with E-state index in [0.29, 0.717) is 23.7 Å². The highest BCUT2D eigenvalue weighted by atomic mass is 19.4. The smallest absolute Gasteiger partial charge is 0.320 e. The Labute approximate surface area is 224 Å². The summed E-state index contributed by atoms with van der Waals surface area (Å²) >= 11 is 0. The Morgan fingerprint density at radius 1 is 1.15 bits per heavy atom. The molecule has 0 amide bonds. The Kier molecular flexibility index (Phi) is 6.21. The highest BCUT2D eigenvalue weighted by Gasteiger charge is 2.36. The molecule has 10 heteroatoms. The molecule has 2 aliphatic rings. The van der Waals surface area contributed by atoms with Gasteiger partial charge in [-0.3, -0.25) is 13.9 Å². The van der Waals surface area contributed by atoms with Gasteiger partial charge in [-0.25, -0.2) is 4.79 Å². The fourth-order valence-corrected chi connectivity index (χ4v) is 6.21. The summed E-state index contributed by atoms with van der Waals surface area (Å²) in [7, 11) is 1.91. The standard InChI is InChI=1S/C29H33F3N6O/c1-28(2)10-11-36(17-28)14-19-12-23(29(30,31)32)24-16-37(27(39)38(24)15-19)22-9-5-8-21(13-22)25(20-6-4-7-20)26-34-33-18-35(26)3/h5,8-9,12-13,15-16,18,20,25H,4,6-7,10-11,14,17H2,1-3H3/t25-/m1/s1. The molecule has 4 aromatic rings. The zero-order chi connectivity index (χ0) is 27.5. The number of likely N-dealkylation sites (tertiary alicyclic amines) is 1. The van der Waals surface area contributed by atoms with E-state index >= 15 is 0 Å². The van der Waals surface area contributed by atoms with Gasteiger partial charge in [0.2, 0.25) is 0 Å². The summed E-state index contributed by atoms with van der Waals surface area (Å²) in [5.41, 5.74) is 0.657. The lowest BCUT2D eigenvalue weighted by atomic mass is 9.72. The van der Waals surface area contributed by atoms with Gasteiger partial charge in [0.05, 0.1) is 16.8 Å². The zero-order valence-electron chi connectivity index (χ0n) is 22.4. The Morgan fingerprint density at radius 3 is 2.56 bits per heavy atom. The second-order valence-electron chi connectivity index (χ2n) is 12.0. The van der Waals surface area contributed by atoms with Crippen LogP contribution in [0.5, 0.6) is 0 Å². The largest absolute Gasteiger partial charge is 0.418 e. The molecular weight excluding hydrogens is 505 g/mol. The summed E-state index contributed by atoms with van der Waals surface area (Å²) in [6, 6.07) is 8.71. The first-order valence-electron chi connectivity index (χ1n) is 13.5. The molecule has 6 rings (SSSR count). The molecule has 0 unspecified atom stereocenters. The quantitative estimate of drug-likeness (QED) is 0.330. The van der Waals surface area contributed by atoms with Crippen molar-refractivity contribution in [2.24, 2.45) is 18.4 Å². The molecule has 1 saturated heterocycles. The van der Waals surface area contributed by atoms with Crippen LogP contribution in [0.15, 0.2) is 53.8 Å². The number of nitrogens with zero attached hydrogens (tertiary/aromatic N) is 6. The molecule has 0 N–H and O–H groups in total. The number of imidazole rings is 1. The zero-order valence-corrected chi connectivity index (χ0v) is 22.4. The van der Waals surface area contributed by atoms with Crippen molar-refractivity contribution >= 4 is 5.52 Å². The lowest BCUT2D eigenvalue weighted by Gasteiger charge is -2.33. The fourth-order valence-electron chi connectivity index (χ4n) is 6.21. The molecular formula is C29H33F3N6O. The number of pyridine rings is 1. The van der Waals surface area contributed by atoms with Gasteiger partial charge in [-0.1, -0.05) is 32.4 Å². The molecule has 7 nitrogen and oxygen atoms in total. The third-order valence-electron chi connectivity index (χ3n) is 8.45. The third kappa shape index (κ3) is 4.79. The van der Waals surface area contributed by atoms with Crippen molar-refractivity contribution in [2.45, 2.75) is 58.2 Å². The number of fused-ring (bicyclic) bond motifs is 1.